The maximum atomic E-state index is 14.9. The third kappa shape index (κ3) is 9.53. The number of halogens is 2. The number of alkyl carbamates (subject to hydrolysis) is 1. The average Bonchev–Trinajstić information content (AvgIpc) is 3.32. The molecule has 2 N–H and O–H groups in total. The normalized spacial score (nSPS) is 13.3. The van der Waals surface area contributed by atoms with E-state index in [2.05, 4.69) is 17.9 Å². The molecule has 8 nitrogen and oxygen atoms in total. The quantitative estimate of drug-likeness (QED) is 0.235. The molecule has 2 amide bonds. The highest BCUT2D eigenvalue weighted by atomic mass is 32.1. The Hall–Kier alpha value is -3.44. The van der Waals surface area contributed by atoms with Crippen molar-refractivity contribution >= 4 is 24.6 Å². The molecular formula is C32H42F2N4O4S. The van der Waals surface area contributed by atoms with Gasteiger partial charge in [-0.25, -0.2) is 18.6 Å². The summed E-state index contributed by atoms with van der Waals surface area (Å²) in [6, 6.07) is 12.1. The first kappa shape index (κ1) is 34.1. The highest BCUT2D eigenvalue weighted by Crippen LogP contribution is 2.40. The molecule has 0 saturated heterocycles. The summed E-state index contributed by atoms with van der Waals surface area (Å²) in [6.45, 7) is 11.0. The van der Waals surface area contributed by atoms with Gasteiger partial charge in [0.1, 0.15) is 29.7 Å². The number of hydrogen-bond acceptors (Lipinski definition) is 6. The SMILES string of the molecule is CC(C)(C)OC(=O)NCC(CS)CN(C(=O)CO)C(c1nc(-c2cc(F)ccc2F)cn1Cc1ccccc1)C(C)(C)C. The Morgan fingerprint density at radius 3 is 2.35 bits per heavy atom. The molecule has 234 valence electrons. The second-order valence-electron chi connectivity index (χ2n) is 12.6. The molecule has 2 atom stereocenters. The highest BCUT2D eigenvalue weighted by Gasteiger charge is 2.39. The number of rotatable bonds is 11. The fraction of sp³-hybridized carbons (Fsp3) is 0.469. The lowest BCUT2D eigenvalue weighted by molar-refractivity contribution is -0.140. The molecule has 11 heteroatoms. The lowest BCUT2D eigenvalue weighted by atomic mass is 9.84. The lowest BCUT2D eigenvalue weighted by Crippen LogP contribution is -2.48. The van der Waals surface area contributed by atoms with E-state index >= 15 is 0 Å². The van der Waals surface area contributed by atoms with Gasteiger partial charge >= 0.3 is 6.09 Å². The smallest absolute Gasteiger partial charge is 0.407 e. The van der Waals surface area contributed by atoms with Gasteiger partial charge in [0.05, 0.1) is 11.7 Å². The first-order chi connectivity index (χ1) is 20.1. The second-order valence-corrected chi connectivity index (χ2v) is 13.0. The highest BCUT2D eigenvalue weighted by molar-refractivity contribution is 7.80. The monoisotopic (exact) mass is 616 g/mol. The first-order valence-electron chi connectivity index (χ1n) is 14.2. The number of nitrogens with one attached hydrogen (secondary N) is 1. The maximum Gasteiger partial charge on any atom is 0.407 e. The van der Waals surface area contributed by atoms with Crippen LogP contribution in [0.2, 0.25) is 0 Å². The van der Waals surface area contributed by atoms with Crippen LogP contribution >= 0.6 is 12.6 Å². The number of thiol groups is 1. The molecule has 3 aromatic rings. The van der Waals surface area contributed by atoms with E-state index in [1.165, 1.54) is 4.90 Å². The van der Waals surface area contributed by atoms with Crippen molar-refractivity contribution in [1.82, 2.24) is 19.8 Å². The van der Waals surface area contributed by atoms with Crippen molar-refractivity contribution in [2.24, 2.45) is 11.3 Å². The number of aromatic nitrogens is 2. The largest absolute Gasteiger partial charge is 0.444 e. The fourth-order valence-electron chi connectivity index (χ4n) is 4.82. The molecule has 1 heterocycles. The molecule has 0 bridgehead atoms. The van der Waals surface area contributed by atoms with Crippen molar-refractivity contribution in [1.29, 1.82) is 0 Å². The standard InChI is InChI=1S/C32H42F2N4O4S/c1-31(2,3)28(38(27(40)19-39)17-22(20-43)15-35-30(41)42-32(4,5)6)29-36-26(24-14-23(33)12-13-25(24)34)18-37(29)16-21-10-8-7-9-11-21/h7-14,18,22,28,39,43H,15-17,19-20H2,1-6H3,(H,35,41). The molecule has 0 aliphatic rings. The van der Waals surface area contributed by atoms with Crippen molar-refractivity contribution < 1.29 is 28.2 Å². The number of aliphatic hydroxyl groups is 1. The van der Waals surface area contributed by atoms with Gasteiger partial charge in [0, 0.05) is 37.3 Å². The van der Waals surface area contributed by atoms with Crippen LogP contribution in [-0.2, 0) is 16.1 Å². The van der Waals surface area contributed by atoms with Crippen molar-refractivity contribution in [3.8, 4) is 11.3 Å². The summed E-state index contributed by atoms with van der Waals surface area (Å²) in [7, 11) is 0. The summed E-state index contributed by atoms with van der Waals surface area (Å²) in [6.07, 6.45) is 1.06. The number of ether oxygens (including phenoxy) is 1. The minimum Gasteiger partial charge on any atom is -0.444 e. The van der Waals surface area contributed by atoms with Crippen molar-refractivity contribution in [3.05, 3.63) is 77.8 Å². The zero-order valence-electron chi connectivity index (χ0n) is 25.6. The summed E-state index contributed by atoms with van der Waals surface area (Å²) in [5.41, 5.74) is -0.149. The fourth-order valence-corrected chi connectivity index (χ4v) is 5.07. The Morgan fingerprint density at radius 2 is 1.77 bits per heavy atom. The summed E-state index contributed by atoms with van der Waals surface area (Å²) in [5.74, 6) is -1.33. The van der Waals surface area contributed by atoms with Gasteiger partial charge in [-0.1, -0.05) is 51.1 Å². The minimum absolute atomic E-state index is 0.00412. The number of carbonyl (C=O) groups excluding carboxylic acids is 2. The van der Waals surface area contributed by atoms with Crippen LogP contribution in [0.25, 0.3) is 11.3 Å². The number of benzene rings is 2. The number of carbonyl (C=O) groups is 2. The average molecular weight is 617 g/mol. The van der Waals surface area contributed by atoms with E-state index in [0.717, 1.165) is 23.8 Å². The van der Waals surface area contributed by atoms with Crippen LogP contribution in [0.3, 0.4) is 0 Å². The maximum absolute atomic E-state index is 14.9. The topological polar surface area (TPSA) is 96.7 Å². The molecule has 43 heavy (non-hydrogen) atoms. The molecule has 2 unspecified atom stereocenters. The zero-order valence-corrected chi connectivity index (χ0v) is 26.5. The van der Waals surface area contributed by atoms with E-state index < -0.39 is 47.3 Å². The molecule has 0 aliphatic carbocycles. The summed E-state index contributed by atoms with van der Waals surface area (Å²) in [5, 5.41) is 12.8. The van der Waals surface area contributed by atoms with Gasteiger partial charge in [-0.15, -0.1) is 0 Å². The van der Waals surface area contributed by atoms with Crippen LogP contribution in [0.15, 0.2) is 54.7 Å². The number of aliphatic hydroxyl groups excluding tert-OH is 1. The third-order valence-electron chi connectivity index (χ3n) is 6.69. The van der Waals surface area contributed by atoms with Crippen molar-refractivity contribution in [2.75, 3.05) is 25.4 Å². The molecule has 1 aromatic heterocycles. The Kier molecular flexibility index (Phi) is 11.4. The van der Waals surface area contributed by atoms with Crippen LogP contribution < -0.4 is 5.32 Å². The van der Waals surface area contributed by atoms with Crippen LogP contribution in [0, 0.1) is 23.0 Å². The minimum atomic E-state index is -0.754. The van der Waals surface area contributed by atoms with Crippen LogP contribution in [-0.4, -0.2) is 62.6 Å². The van der Waals surface area contributed by atoms with E-state index in [4.69, 9.17) is 9.72 Å². The third-order valence-corrected chi connectivity index (χ3v) is 7.20. The van der Waals surface area contributed by atoms with Gasteiger partial charge in [0.2, 0.25) is 5.91 Å². The number of imidazole rings is 1. The molecule has 2 aromatic carbocycles. The molecule has 0 radical (unpaired) electrons. The molecule has 0 fully saturated rings. The van der Waals surface area contributed by atoms with Gasteiger partial charge in [-0.05, 0) is 55.7 Å². The Bertz CT molecular complexity index is 1390. The van der Waals surface area contributed by atoms with Crippen molar-refractivity contribution in [2.45, 2.75) is 59.7 Å². The molecular weight excluding hydrogens is 574 g/mol. The number of nitrogens with zero attached hydrogens (tertiary/aromatic N) is 3. The van der Waals surface area contributed by atoms with Gasteiger partial charge in [0.15, 0.2) is 0 Å². The van der Waals surface area contributed by atoms with Crippen molar-refractivity contribution in [3.63, 3.8) is 0 Å². The summed E-state index contributed by atoms with van der Waals surface area (Å²) < 4.78 is 36.3. The van der Waals surface area contributed by atoms with E-state index in [-0.39, 0.29) is 30.3 Å². The predicted molar refractivity (Wildman–Crippen MR) is 166 cm³/mol. The van der Waals surface area contributed by atoms with Gasteiger partial charge < -0.3 is 24.6 Å². The van der Waals surface area contributed by atoms with E-state index in [0.29, 0.717) is 18.1 Å². The van der Waals surface area contributed by atoms with Crippen LogP contribution in [0.4, 0.5) is 13.6 Å². The summed E-state index contributed by atoms with van der Waals surface area (Å²) in [4.78, 5) is 32.1. The van der Waals surface area contributed by atoms with Gasteiger partial charge in [0.25, 0.3) is 0 Å². The molecule has 3 rings (SSSR count). The van der Waals surface area contributed by atoms with E-state index in [1.807, 2.05) is 55.7 Å². The molecule has 0 aliphatic heterocycles. The Labute approximate surface area is 257 Å². The Balaban J connectivity index is 2.09. The number of amides is 2. The second kappa shape index (κ2) is 14.4. The van der Waals surface area contributed by atoms with E-state index in [1.54, 1.807) is 27.0 Å². The molecule has 0 saturated carbocycles. The first-order valence-corrected chi connectivity index (χ1v) is 14.8. The number of hydrogen-bond donors (Lipinski definition) is 3. The van der Waals surface area contributed by atoms with Gasteiger partial charge in [-0.2, -0.15) is 12.6 Å². The summed E-state index contributed by atoms with van der Waals surface area (Å²) >= 11 is 4.47. The van der Waals surface area contributed by atoms with E-state index in [9.17, 15) is 23.5 Å². The van der Waals surface area contributed by atoms with Crippen LogP contribution in [0.1, 0.15) is 59.0 Å². The predicted octanol–water partition coefficient (Wildman–Crippen LogP) is 5.86. The van der Waals surface area contributed by atoms with Gasteiger partial charge in [-0.3, -0.25) is 4.79 Å². The lowest BCUT2D eigenvalue weighted by Gasteiger charge is -2.41. The Morgan fingerprint density at radius 1 is 1.09 bits per heavy atom. The zero-order chi connectivity index (χ0) is 31.9. The van der Waals surface area contributed by atoms with Crippen LogP contribution in [0.5, 0.6) is 0 Å². The molecule has 0 spiro atoms.